The number of nitrogens with one attached hydrogen (secondary N) is 3. The van der Waals surface area contributed by atoms with Crippen LogP contribution in [0.5, 0.6) is 0 Å². The molecule has 1 unspecified atom stereocenters. The molecule has 5 rings (SSSR count). The van der Waals surface area contributed by atoms with E-state index >= 15 is 0 Å². The second kappa shape index (κ2) is 14.0. The van der Waals surface area contributed by atoms with Gasteiger partial charge in [-0.05, 0) is 57.5 Å². The van der Waals surface area contributed by atoms with E-state index in [0.29, 0.717) is 43.8 Å². The number of carbonyl (C=O) groups excluding carboxylic acids is 1. The Morgan fingerprint density at radius 2 is 1.81 bits per heavy atom. The van der Waals surface area contributed by atoms with Gasteiger partial charge in [0.15, 0.2) is 5.01 Å². The molecule has 42 heavy (non-hydrogen) atoms. The quantitative estimate of drug-likeness (QED) is 0.163. The molecule has 0 spiro atoms. The van der Waals surface area contributed by atoms with Gasteiger partial charge >= 0.3 is 0 Å². The minimum atomic E-state index is -0.687. The molecular weight excluding hydrogens is 568 g/mol. The van der Waals surface area contributed by atoms with Crippen LogP contribution in [0.2, 0.25) is 5.02 Å². The molecule has 0 bridgehead atoms. The first kappa shape index (κ1) is 30.5. The van der Waals surface area contributed by atoms with E-state index in [1.807, 2.05) is 77.1 Å². The lowest BCUT2D eigenvalue weighted by Crippen LogP contribution is -2.33. The molecule has 1 aliphatic rings. The summed E-state index contributed by atoms with van der Waals surface area (Å²) in [5.41, 5.74) is 5.78. The molecule has 0 fully saturated rings. The van der Waals surface area contributed by atoms with Crippen molar-refractivity contribution in [2.24, 2.45) is 9.98 Å². The van der Waals surface area contributed by atoms with E-state index < -0.39 is 6.04 Å². The molecule has 2 aromatic carbocycles. The summed E-state index contributed by atoms with van der Waals surface area (Å²) in [7, 11) is 0. The number of pyridine rings is 1. The van der Waals surface area contributed by atoms with Crippen LogP contribution < -0.4 is 16.0 Å². The maximum atomic E-state index is 13.6. The normalized spacial score (nSPS) is 14.8. The van der Waals surface area contributed by atoms with E-state index in [9.17, 15) is 4.79 Å². The summed E-state index contributed by atoms with van der Waals surface area (Å²) in [6, 6.07) is 16.5. The number of rotatable bonds is 5. The summed E-state index contributed by atoms with van der Waals surface area (Å²) in [6.45, 7) is 11.8. The van der Waals surface area contributed by atoms with Gasteiger partial charge in [0.25, 0.3) is 5.91 Å². The van der Waals surface area contributed by atoms with E-state index in [2.05, 4.69) is 49.1 Å². The van der Waals surface area contributed by atoms with Gasteiger partial charge in [-0.15, -0.1) is 10.2 Å². The van der Waals surface area contributed by atoms with Crippen LogP contribution in [0, 0.1) is 13.8 Å². The highest BCUT2D eigenvalue weighted by Gasteiger charge is 2.31. The van der Waals surface area contributed by atoms with E-state index in [1.165, 1.54) is 16.9 Å². The lowest BCUT2D eigenvalue weighted by molar-refractivity contribution is -0.113. The fraction of sp³-hybridized carbons (Fsp3) is 0.226. The van der Waals surface area contributed by atoms with Crippen molar-refractivity contribution in [2.75, 3.05) is 10.6 Å². The van der Waals surface area contributed by atoms with Crippen molar-refractivity contribution in [3.05, 3.63) is 100.0 Å². The Hall–Kier alpha value is -4.41. The number of amides is 1. The van der Waals surface area contributed by atoms with Crippen LogP contribution in [0.1, 0.15) is 50.4 Å². The van der Waals surface area contributed by atoms with Gasteiger partial charge in [-0.25, -0.2) is 9.98 Å². The number of hydrogen-bond donors (Lipinski definition) is 3. The smallest absolute Gasteiger partial charge is 0.257 e. The monoisotopic (exact) mass is 600 g/mol. The summed E-state index contributed by atoms with van der Waals surface area (Å²) in [5, 5.41) is 19.3. The van der Waals surface area contributed by atoms with Crippen LogP contribution in [0.4, 0.5) is 10.8 Å². The van der Waals surface area contributed by atoms with Gasteiger partial charge in [0.1, 0.15) is 11.9 Å². The van der Waals surface area contributed by atoms with Gasteiger partial charge in [-0.2, -0.15) is 0 Å². The average Bonchev–Trinajstić information content (AvgIpc) is 3.44. The number of halogens is 1. The van der Waals surface area contributed by atoms with Gasteiger partial charge in [-0.1, -0.05) is 72.7 Å². The summed E-state index contributed by atoms with van der Waals surface area (Å²) >= 11 is 7.84. The number of benzene rings is 2. The van der Waals surface area contributed by atoms with Gasteiger partial charge in [-0.3, -0.25) is 15.1 Å². The molecule has 3 heterocycles. The predicted octanol–water partition coefficient (Wildman–Crippen LogP) is 7.34. The van der Waals surface area contributed by atoms with Crippen molar-refractivity contribution in [3.8, 4) is 10.6 Å². The third-order valence-electron chi connectivity index (χ3n) is 6.20. The molecule has 4 aromatic rings. The Bertz CT molecular complexity index is 1660. The number of allylic oxidation sites excluding steroid dienone is 1. The highest BCUT2D eigenvalue weighted by atomic mass is 35.5. The van der Waals surface area contributed by atoms with Crippen molar-refractivity contribution in [1.29, 1.82) is 0 Å². The van der Waals surface area contributed by atoms with Crippen molar-refractivity contribution in [3.63, 3.8) is 0 Å². The third kappa shape index (κ3) is 7.26. The zero-order valence-corrected chi connectivity index (χ0v) is 25.9. The Morgan fingerprint density at radius 3 is 2.52 bits per heavy atom. The average molecular weight is 601 g/mol. The first-order valence-electron chi connectivity index (χ1n) is 13.5. The summed E-state index contributed by atoms with van der Waals surface area (Å²) in [5.74, 6) is 0.651. The molecule has 216 valence electrons. The maximum Gasteiger partial charge on any atom is 0.257 e. The topological polar surface area (TPSA) is 117 Å². The molecule has 11 heteroatoms. The fourth-order valence-corrected chi connectivity index (χ4v) is 5.28. The second-order valence-corrected chi connectivity index (χ2v) is 10.7. The molecule has 0 saturated carbocycles. The van der Waals surface area contributed by atoms with Gasteiger partial charge in [0.2, 0.25) is 11.1 Å². The first-order chi connectivity index (χ1) is 20.3. The zero-order chi connectivity index (χ0) is 30.2. The summed E-state index contributed by atoms with van der Waals surface area (Å²) in [4.78, 5) is 27.2. The number of hydrogen-bond acceptors (Lipinski definition) is 8. The van der Waals surface area contributed by atoms with Crippen LogP contribution in [0.25, 0.3) is 10.6 Å². The second-order valence-electron chi connectivity index (χ2n) is 9.29. The van der Waals surface area contributed by atoms with E-state index in [4.69, 9.17) is 16.6 Å². The van der Waals surface area contributed by atoms with Crippen LogP contribution in [-0.2, 0) is 4.79 Å². The van der Waals surface area contributed by atoms with Crippen molar-refractivity contribution in [1.82, 2.24) is 20.5 Å². The highest BCUT2D eigenvalue weighted by molar-refractivity contribution is 7.18. The number of aryl methyl sites for hydroxylation is 2. The zero-order valence-electron chi connectivity index (χ0n) is 24.4. The van der Waals surface area contributed by atoms with Crippen molar-refractivity contribution >= 4 is 51.5 Å². The number of guanidine groups is 1. The number of aromatic nitrogens is 3. The van der Waals surface area contributed by atoms with Crippen LogP contribution >= 0.6 is 22.9 Å². The van der Waals surface area contributed by atoms with Gasteiger partial charge in [0.05, 0.1) is 5.57 Å². The first-order valence-corrected chi connectivity index (χ1v) is 14.7. The largest absolute Gasteiger partial charge is 0.344 e. The molecular formula is C31H33ClN8OS. The molecule has 0 saturated heterocycles. The molecule has 9 nitrogen and oxygen atoms in total. The lowest BCUT2D eigenvalue weighted by Gasteiger charge is -2.25. The number of amidine groups is 1. The Balaban J connectivity index is 0.00000198. The van der Waals surface area contributed by atoms with E-state index in [1.54, 1.807) is 18.5 Å². The molecule has 3 N–H and O–H groups in total. The molecule has 1 aliphatic heterocycles. The number of carbonyl (C=O) groups is 1. The lowest BCUT2D eigenvalue weighted by atomic mass is 9.95. The minimum absolute atomic E-state index is 0.360. The van der Waals surface area contributed by atoms with Crippen LogP contribution in [0.3, 0.4) is 0 Å². The predicted molar refractivity (Wildman–Crippen MR) is 173 cm³/mol. The number of nitrogens with zero attached hydrogens (tertiary/aromatic N) is 5. The van der Waals surface area contributed by atoms with Crippen LogP contribution in [0.15, 0.2) is 88.2 Å². The standard InChI is InChI=1S/C29H27ClN8OS.C2H6/c1-16-11-12-23(17(2)14-16)33-19(4)34-28-32-18(3)24(25(35-28)21-9-5-6-10-22(21)30)26(39)36-29-38-37-27(40-29)20-8-7-13-31-15-20;1-2/h5-15,25H,1-4H3,(H,36,38,39)(H2,32,33,34,35);1-2H3. The Labute approximate surface area is 254 Å². The highest BCUT2D eigenvalue weighted by Crippen LogP contribution is 2.36. The number of anilines is 2. The van der Waals surface area contributed by atoms with Crippen molar-refractivity contribution in [2.45, 2.75) is 47.6 Å². The maximum absolute atomic E-state index is 13.6. The summed E-state index contributed by atoms with van der Waals surface area (Å²) < 4.78 is 0. The molecule has 1 amide bonds. The van der Waals surface area contributed by atoms with Crippen LogP contribution in [-0.4, -0.2) is 32.9 Å². The summed E-state index contributed by atoms with van der Waals surface area (Å²) in [6.07, 6.45) is 3.39. The molecule has 2 aromatic heterocycles. The fourth-order valence-electron chi connectivity index (χ4n) is 4.31. The number of aliphatic imine (C=N–C) groups is 2. The minimum Gasteiger partial charge on any atom is -0.344 e. The van der Waals surface area contributed by atoms with Gasteiger partial charge < -0.3 is 10.6 Å². The van der Waals surface area contributed by atoms with E-state index in [-0.39, 0.29) is 5.91 Å². The Kier molecular flexibility index (Phi) is 10.2. The molecule has 1 atom stereocenters. The SMILES string of the molecule is CC.CC1=C(C(=O)Nc2nnc(-c3cccnc3)s2)C(c2ccccc2Cl)N=C(/N=C(/C)Nc2ccc(C)cc2C)N1. The molecule has 0 radical (unpaired) electrons. The molecule has 0 aliphatic carbocycles. The Morgan fingerprint density at radius 1 is 1.02 bits per heavy atom. The van der Waals surface area contributed by atoms with Crippen molar-refractivity contribution < 1.29 is 4.79 Å². The van der Waals surface area contributed by atoms with Gasteiger partial charge in [0, 0.05) is 39.9 Å². The third-order valence-corrected chi connectivity index (χ3v) is 7.43. The van der Waals surface area contributed by atoms with E-state index in [0.717, 1.165) is 16.8 Å².